The Hall–Kier alpha value is -5.37. The lowest BCUT2D eigenvalue weighted by Crippen LogP contribution is -2.23. The van der Waals surface area contributed by atoms with E-state index in [4.69, 9.17) is 19.4 Å². The average molecular weight is 601 g/mol. The second kappa shape index (κ2) is 13.1. The highest BCUT2D eigenvalue weighted by molar-refractivity contribution is 6.23. The first-order chi connectivity index (χ1) is 22.0. The summed E-state index contributed by atoms with van der Waals surface area (Å²) in [5.41, 5.74) is 7.85. The molecule has 0 bridgehead atoms. The molecule has 0 saturated carbocycles. The van der Waals surface area contributed by atoms with Crippen molar-refractivity contribution in [3.63, 3.8) is 0 Å². The Morgan fingerprint density at radius 3 is 2.11 bits per heavy atom. The highest BCUT2D eigenvalue weighted by atomic mass is 16.5. The van der Waals surface area contributed by atoms with Crippen molar-refractivity contribution in [2.45, 2.75) is 39.3 Å². The standard InChI is InChI=1S/C37H36N4O4/c1-4-31(36-33-18-13-27-7-5-6-8-32(27)41(33)24-39-36)35(37(42)43)28-19-20-38-34(21-28)40(22-25-9-14-29(44-2)15-10-25)23-26-11-16-30(45-3)17-12-26/h5-12,14-17,19-21,24H,4,13,18,22-23H2,1-3H3,(H,42,43). The van der Waals surface area contributed by atoms with Crippen molar-refractivity contribution in [1.82, 2.24) is 14.5 Å². The summed E-state index contributed by atoms with van der Waals surface area (Å²) < 4.78 is 12.8. The summed E-state index contributed by atoms with van der Waals surface area (Å²) in [6.07, 6.45) is 5.71. The predicted octanol–water partition coefficient (Wildman–Crippen LogP) is 7.00. The molecule has 8 nitrogen and oxygen atoms in total. The van der Waals surface area contributed by atoms with E-state index in [0.29, 0.717) is 36.5 Å². The lowest BCUT2D eigenvalue weighted by Gasteiger charge is -2.25. The van der Waals surface area contributed by atoms with Gasteiger partial charge in [0.25, 0.3) is 0 Å². The van der Waals surface area contributed by atoms with Gasteiger partial charge in [-0.2, -0.15) is 0 Å². The Balaban J connectivity index is 1.41. The van der Waals surface area contributed by atoms with E-state index in [9.17, 15) is 9.90 Å². The molecule has 0 aliphatic carbocycles. The van der Waals surface area contributed by atoms with Crippen LogP contribution in [-0.2, 0) is 30.7 Å². The molecule has 0 saturated heterocycles. The van der Waals surface area contributed by atoms with Crippen LogP contribution < -0.4 is 14.4 Å². The van der Waals surface area contributed by atoms with Crippen LogP contribution in [-0.4, -0.2) is 39.8 Å². The zero-order valence-corrected chi connectivity index (χ0v) is 25.7. The number of carbonyl (C=O) groups is 1. The molecule has 45 heavy (non-hydrogen) atoms. The third kappa shape index (κ3) is 6.17. The van der Waals surface area contributed by atoms with Crippen molar-refractivity contribution in [3.8, 4) is 17.2 Å². The third-order valence-electron chi connectivity index (χ3n) is 8.33. The number of allylic oxidation sites excluding steroid dienone is 1. The van der Waals surface area contributed by atoms with E-state index >= 15 is 0 Å². The molecule has 1 N–H and O–H groups in total. The number of pyridine rings is 1. The van der Waals surface area contributed by atoms with E-state index in [1.165, 1.54) is 5.56 Å². The number of hydrogen-bond acceptors (Lipinski definition) is 6. The van der Waals surface area contributed by atoms with Crippen LogP contribution in [0.1, 0.15) is 47.0 Å². The molecule has 2 aromatic heterocycles. The van der Waals surface area contributed by atoms with Gasteiger partial charge in [0.2, 0.25) is 0 Å². The number of benzene rings is 3. The van der Waals surface area contributed by atoms with E-state index < -0.39 is 5.97 Å². The summed E-state index contributed by atoms with van der Waals surface area (Å²) in [5.74, 6) is 1.26. The molecule has 0 amide bonds. The van der Waals surface area contributed by atoms with Crippen LogP contribution in [0.5, 0.6) is 11.5 Å². The average Bonchev–Trinajstić information content (AvgIpc) is 3.52. The molecule has 3 aromatic carbocycles. The SMILES string of the molecule is CCC(=C(C(=O)O)c1ccnc(N(Cc2ccc(OC)cc2)Cc2ccc(OC)cc2)c1)c1ncn2c1CCc1ccccc1-2. The number of imidazole rings is 1. The fourth-order valence-corrected chi connectivity index (χ4v) is 6.04. The first kappa shape index (κ1) is 29.7. The number of aryl methyl sites for hydroxylation is 1. The summed E-state index contributed by atoms with van der Waals surface area (Å²) in [6, 6.07) is 27.8. The Labute approximate surface area is 263 Å². The fourth-order valence-electron chi connectivity index (χ4n) is 6.04. The molecular formula is C37H36N4O4. The van der Waals surface area contributed by atoms with E-state index in [-0.39, 0.29) is 5.57 Å². The van der Waals surface area contributed by atoms with Crippen molar-refractivity contribution in [2.24, 2.45) is 0 Å². The molecular weight excluding hydrogens is 564 g/mol. The Kier molecular flexibility index (Phi) is 8.64. The van der Waals surface area contributed by atoms with Gasteiger partial charge in [0.1, 0.15) is 23.6 Å². The topological polar surface area (TPSA) is 89.7 Å². The number of aromatic nitrogens is 3. The van der Waals surface area contributed by atoms with Gasteiger partial charge in [-0.1, -0.05) is 49.4 Å². The first-order valence-corrected chi connectivity index (χ1v) is 15.1. The number of methoxy groups -OCH3 is 2. The lowest BCUT2D eigenvalue weighted by atomic mass is 9.93. The van der Waals surface area contributed by atoms with Crippen molar-refractivity contribution < 1.29 is 19.4 Å². The number of hydrogen-bond donors (Lipinski definition) is 1. The van der Waals surface area contributed by atoms with E-state index in [0.717, 1.165) is 52.5 Å². The van der Waals surface area contributed by atoms with Crippen LogP contribution in [0.15, 0.2) is 97.5 Å². The fraction of sp³-hybridized carbons (Fsp3) is 0.216. The van der Waals surface area contributed by atoms with Gasteiger partial charge in [0.05, 0.1) is 31.2 Å². The van der Waals surface area contributed by atoms with Gasteiger partial charge in [-0.25, -0.2) is 14.8 Å². The zero-order valence-electron chi connectivity index (χ0n) is 25.7. The van der Waals surface area contributed by atoms with Gasteiger partial charge in [-0.05, 0) is 89.6 Å². The molecule has 0 fully saturated rings. The van der Waals surface area contributed by atoms with Crippen LogP contribution >= 0.6 is 0 Å². The maximum absolute atomic E-state index is 13.0. The van der Waals surface area contributed by atoms with Gasteiger partial charge in [0.15, 0.2) is 0 Å². The summed E-state index contributed by atoms with van der Waals surface area (Å²) in [7, 11) is 3.30. The molecule has 5 aromatic rings. The Bertz CT molecular complexity index is 1790. The predicted molar refractivity (Wildman–Crippen MR) is 176 cm³/mol. The highest BCUT2D eigenvalue weighted by Gasteiger charge is 2.26. The number of nitrogens with zero attached hydrogens (tertiary/aromatic N) is 4. The number of carboxylic acids is 1. The van der Waals surface area contributed by atoms with Crippen molar-refractivity contribution in [3.05, 3.63) is 131 Å². The number of rotatable bonds is 11. The zero-order chi connectivity index (χ0) is 31.3. The van der Waals surface area contributed by atoms with E-state index in [2.05, 4.69) is 27.7 Å². The molecule has 0 unspecified atom stereocenters. The molecule has 228 valence electrons. The Morgan fingerprint density at radius 1 is 0.867 bits per heavy atom. The molecule has 8 heteroatoms. The molecule has 0 atom stereocenters. The summed E-state index contributed by atoms with van der Waals surface area (Å²) >= 11 is 0. The minimum atomic E-state index is -0.987. The second-order valence-electron chi connectivity index (χ2n) is 11.0. The monoisotopic (exact) mass is 600 g/mol. The van der Waals surface area contributed by atoms with Gasteiger partial charge in [-0.3, -0.25) is 0 Å². The molecule has 3 heterocycles. The van der Waals surface area contributed by atoms with Crippen LogP contribution in [0.3, 0.4) is 0 Å². The maximum atomic E-state index is 13.0. The molecule has 1 aliphatic rings. The van der Waals surface area contributed by atoms with Gasteiger partial charge in [0, 0.05) is 25.0 Å². The molecule has 6 rings (SSSR count). The van der Waals surface area contributed by atoms with Crippen LogP contribution in [0.4, 0.5) is 5.82 Å². The number of ether oxygens (including phenoxy) is 2. The number of carboxylic acid groups (broad SMARTS) is 1. The summed E-state index contributed by atoms with van der Waals surface area (Å²) in [4.78, 5) is 24.7. The Morgan fingerprint density at radius 2 is 1.51 bits per heavy atom. The highest BCUT2D eigenvalue weighted by Crippen LogP contribution is 2.35. The van der Waals surface area contributed by atoms with Gasteiger partial charge in [-0.15, -0.1) is 0 Å². The van der Waals surface area contributed by atoms with Gasteiger partial charge >= 0.3 is 5.97 Å². The summed E-state index contributed by atoms with van der Waals surface area (Å²) in [5, 5.41) is 10.6. The maximum Gasteiger partial charge on any atom is 0.336 e. The summed E-state index contributed by atoms with van der Waals surface area (Å²) in [6.45, 7) is 3.11. The lowest BCUT2D eigenvalue weighted by molar-refractivity contribution is -0.130. The van der Waals surface area contributed by atoms with Crippen molar-refractivity contribution in [1.29, 1.82) is 0 Å². The van der Waals surface area contributed by atoms with Crippen molar-refractivity contribution >= 4 is 22.9 Å². The number of fused-ring (bicyclic) bond motifs is 3. The number of anilines is 1. The minimum absolute atomic E-state index is 0.246. The first-order valence-electron chi connectivity index (χ1n) is 15.1. The van der Waals surface area contributed by atoms with E-state index in [1.807, 2.05) is 73.9 Å². The molecule has 0 radical (unpaired) electrons. The largest absolute Gasteiger partial charge is 0.497 e. The van der Waals surface area contributed by atoms with Crippen molar-refractivity contribution in [2.75, 3.05) is 19.1 Å². The van der Waals surface area contributed by atoms with Crippen LogP contribution in [0, 0.1) is 0 Å². The molecule has 0 spiro atoms. The second-order valence-corrected chi connectivity index (χ2v) is 11.0. The third-order valence-corrected chi connectivity index (χ3v) is 8.33. The number of para-hydroxylation sites is 1. The van der Waals surface area contributed by atoms with Gasteiger partial charge < -0.3 is 24.0 Å². The minimum Gasteiger partial charge on any atom is -0.497 e. The van der Waals surface area contributed by atoms with Crippen LogP contribution in [0.2, 0.25) is 0 Å². The van der Waals surface area contributed by atoms with Crippen LogP contribution in [0.25, 0.3) is 16.8 Å². The quantitative estimate of drug-likeness (QED) is 0.163. The smallest absolute Gasteiger partial charge is 0.336 e. The normalized spacial score (nSPS) is 12.5. The van der Waals surface area contributed by atoms with E-state index in [1.54, 1.807) is 26.5 Å². The number of aliphatic carboxylic acids is 1. The molecule has 1 aliphatic heterocycles.